The Bertz CT molecular complexity index is 1130. The highest BCUT2D eigenvalue weighted by Crippen LogP contribution is 2.22. The summed E-state index contributed by atoms with van der Waals surface area (Å²) in [5, 5.41) is 1.55. The van der Waals surface area contributed by atoms with Crippen LogP contribution in [0.4, 0.5) is 0 Å². The zero-order valence-electron chi connectivity index (χ0n) is 19.3. The van der Waals surface area contributed by atoms with Gasteiger partial charge in [-0.05, 0) is 51.0 Å². The van der Waals surface area contributed by atoms with Crippen LogP contribution in [0.5, 0.6) is 0 Å². The molecule has 1 heterocycles. The first-order valence-corrected chi connectivity index (χ1v) is 12.5. The predicted molar refractivity (Wildman–Crippen MR) is 135 cm³/mol. The van der Waals surface area contributed by atoms with Gasteiger partial charge in [-0.1, -0.05) is 53.7 Å². The number of carbonyl (C=O) groups is 1. The summed E-state index contributed by atoms with van der Waals surface area (Å²) >= 11 is 7.42. The summed E-state index contributed by atoms with van der Waals surface area (Å²) < 4.78 is 7.07. The first kappa shape index (κ1) is 25.3. The van der Waals surface area contributed by atoms with Gasteiger partial charge in [0.2, 0.25) is 5.91 Å². The number of aromatic nitrogens is 2. The molecule has 1 aromatic heterocycles. The number of fused-ring (bicyclic) bond motifs is 1. The summed E-state index contributed by atoms with van der Waals surface area (Å²) in [6.45, 7) is 8.15. The molecule has 0 unspecified atom stereocenters. The summed E-state index contributed by atoms with van der Waals surface area (Å²) in [5.41, 5.74) is 1.48. The highest BCUT2D eigenvalue weighted by Gasteiger charge is 2.20. The van der Waals surface area contributed by atoms with Crippen molar-refractivity contribution in [2.75, 3.05) is 19.0 Å². The van der Waals surface area contributed by atoms with E-state index in [0.717, 1.165) is 5.56 Å². The molecule has 0 bridgehead atoms. The quantitative estimate of drug-likeness (QED) is 0.216. The van der Waals surface area contributed by atoms with Gasteiger partial charge in [0.05, 0.1) is 16.7 Å². The van der Waals surface area contributed by atoms with Crippen molar-refractivity contribution < 1.29 is 9.53 Å². The summed E-state index contributed by atoms with van der Waals surface area (Å²) in [6.07, 6.45) is 0.683. The van der Waals surface area contributed by atoms with Crippen molar-refractivity contribution in [3.05, 3.63) is 69.5 Å². The van der Waals surface area contributed by atoms with E-state index in [9.17, 15) is 9.59 Å². The number of ether oxygens (including phenoxy) is 1. The Morgan fingerprint density at radius 2 is 1.97 bits per heavy atom. The van der Waals surface area contributed by atoms with E-state index in [-0.39, 0.29) is 23.3 Å². The molecule has 0 aliphatic heterocycles. The number of hydrogen-bond donors (Lipinski definition) is 0. The molecule has 0 spiro atoms. The Morgan fingerprint density at radius 1 is 1.21 bits per heavy atom. The molecule has 3 rings (SSSR count). The minimum Gasteiger partial charge on any atom is -0.382 e. The Labute approximate surface area is 203 Å². The number of nitrogens with zero attached hydrogens (tertiary/aromatic N) is 3. The van der Waals surface area contributed by atoms with Gasteiger partial charge in [0.25, 0.3) is 5.56 Å². The van der Waals surface area contributed by atoms with E-state index in [1.165, 1.54) is 11.8 Å². The Morgan fingerprint density at radius 3 is 2.67 bits per heavy atom. The molecule has 0 fully saturated rings. The number of amides is 1. The molecule has 1 amide bonds. The number of benzene rings is 2. The fourth-order valence-corrected chi connectivity index (χ4v) is 4.58. The van der Waals surface area contributed by atoms with Crippen LogP contribution in [0.1, 0.15) is 32.8 Å². The average molecular weight is 488 g/mol. The molecule has 0 aliphatic carbocycles. The molecule has 0 saturated heterocycles. The maximum absolute atomic E-state index is 13.2. The van der Waals surface area contributed by atoms with Gasteiger partial charge < -0.3 is 9.64 Å². The largest absolute Gasteiger partial charge is 0.382 e. The molecule has 2 aromatic carbocycles. The second kappa shape index (κ2) is 12.2. The van der Waals surface area contributed by atoms with Crippen molar-refractivity contribution in [2.24, 2.45) is 0 Å². The topological polar surface area (TPSA) is 64.4 Å². The van der Waals surface area contributed by atoms with Gasteiger partial charge in [-0.25, -0.2) is 4.98 Å². The van der Waals surface area contributed by atoms with Crippen LogP contribution in [0, 0.1) is 0 Å². The second-order valence-corrected chi connectivity index (χ2v) is 9.33. The van der Waals surface area contributed by atoms with Crippen molar-refractivity contribution in [3.63, 3.8) is 0 Å². The molecule has 8 heteroatoms. The van der Waals surface area contributed by atoms with Crippen LogP contribution >= 0.6 is 23.4 Å². The van der Waals surface area contributed by atoms with E-state index in [1.54, 1.807) is 22.8 Å². The van der Waals surface area contributed by atoms with E-state index in [2.05, 4.69) is 4.98 Å². The molecular formula is C25H30ClN3O3S. The van der Waals surface area contributed by atoms with Crippen LogP contribution in [0.2, 0.25) is 5.02 Å². The summed E-state index contributed by atoms with van der Waals surface area (Å²) in [6, 6.07) is 15.1. The van der Waals surface area contributed by atoms with Crippen molar-refractivity contribution in [1.29, 1.82) is 0 Å². The predicted octanol–water partition coefficient (Wildman–Crippen LogP) is 5.01. The molecule has 0 atom stereocenters. The summed E-state index contributed by atoms with van der Waals surface area (Å²) in [5.74, 6) is 0.190. The van der Waals surface area contributed by atoms with Crippen molar-refractivity contribution >= 4 is 40.2 Å². The zero-order valence-corrected chi connectivity index (χ0v) is 20.9. The maximum Gasteiger partial charge on any atom is 0.262 e. The third-order valence-corrected chi connectivity index (χ3v) is 6.42. The van der Waals surface area contributed by atoms with Crippen molar-refractivity contribution in [3.8, 4) is 0 Å². The molecule has 33 heavy (non-hydrogen) atoms. The molecule has 0 aliphatic rings. The summed E-state index contributed by atoms with van der Waals surface area (Å²) in [4.78, 5) is 32.8. The standard InChI is InChI=1S/C25H30ClN3O3S/c1-4-32-14-8-13-28-24(31)21-12-11-20(26)15-22(21)27-25(28)33-17-23(30)29(18(2)3)16-19-9-6-5-7-10-19/h5-7,9-12,15,18H,4,8,13-14,16-17H2,1-3H3. The molecule has 0 N–H and O–H groups in total. The zero-order chi connectivity index (χ0) is 23.8. The number of carbonyl (C=O) groups excluding carboxylic acids is 1. The van der Waals surface area contributed by atoms with E-state index >= 15 is 0 Å². The molecule has 0 radical (unpaired) electrons. The van der Waals surface area contributed by atoms with Crippen LogP contribution in [0.3, 0.4) is 0 Å². The van der Waals surface area contributed by atoms with Crippen molar-refractivity contribution in [2.45, 2.75) is 51.5 Å². The van der Waals surface area contributed by atoms with Gasteiger partial charge >= 0.3 is 0 Å². The number of hydrogen-bond acceptors (Lipinski definition) is 5. The Hall–Kier alpha value is -2.35. The third kappa shape index (κ3) is 6.82. The van der Waals surface area contributed by atoms with E-state index in [1.807, 2.05) is 56.0 Å². The molecule has 6 nitrogen and oxygen atoms in total. The third-order valence-electron chi connectivity index (χ3n) is 5.22. The van der Waals surface area contributed by atoms with Gasteiger partial charge in [0, 0.05) is 37.4 Å². The van der Waals surface area contributed by atoms with Gasteiger partial charge in [-0.3, -0.25) is 14.2 Å². The lowest BCUT2D eigenvalue weighted by Crippen LogP contribution is -2.37. The number of halogens is 1. The van der Waals surface area contributed by atoms with Gasteiger partial charge in [0.1, 0.15) is 0 Å². The number of rotatable bonds is 11. The monoisotopic (exact) mass is 487 g/mol. The first-order chi connectivity index (χ1) is 15.9. The maximum atomic E-state index is 13.2. The van der Waals surface area contributed by atoms with Crippen LogP contribution in [-0.2, 0) is 22.6 Å². The smallest absolute Gasteiger partial charge is 0.262 e. The van der Waals surface area contributed by atoms with Crippen LogP contribution in [0.25, 0.3) is 10.9 Å². The van der Waals surface area contributed by atoms with Crippen LogP contribution < -0.4 is 5.56 Å². The van der Waals surface area contributed by atoms with Gasteiger partial charge in [0.15, 0.2) is 5.16 Å². The van der Waals surface area contributed by atoms with Gasteiger partial charge in [-0.15, -0.1) is 0 Å². The first-order valence-electron chi connectivity index (χ1n) is 11.1. The highest BCUT2D eigenvalue weighted by atomic mass is 35.5. The minimum atomic E-state index is -0.131. The van der Waals surface area contributed by atoms with Gasteiger partial charge in [-0.2, -0.15) is 0 Å². The highest BCUT2D eigenvalue weighted by molar-refractivity contribution is 7.99. The normalized spacial score (nSPS) is 11.3. The lowest BCUT2D eigenvalue weighted by Gasteiger charge is -2.27. The lowest BCUT2D eigenvalue weighted by atomic mass is 10.2. The van der Waals surface area contributed by atoms with E-state index in [0.29, 0.717) is 53.8 Å². The number of thioether (sulfide) groups is 1. The Balaban J connectivity index is 1.83. The molecule has 3 aromatic rings. The molecular weight excluding hydrogens is 458 g/mol. The SMILES string of the molecule is CCOCCCn1c(SCC(=O)N(Cc2ccccc2)C(C)C)nc2cc(Cl)ccc2c1=O. The summed E-state index contributed by atoms with van der Waals surface area (Å²) in [7, 11) is 0. The fourth-order valence-electron chi connectivity index (χ4n) is 3.50. The average Bonchev–Trinajstić information content (AvgIpc) is 2.80. The van der Waals surface area contributed by atoms with E-state index in [4.69, 9.17) is 16.3 Å². The fraction of sp³-hybridized carbons (Fsp3) is 0.400. The molecule has 0 saturated carbocycles. The van der Waals surface area contributed by atoms with Crippen LogP contribution in [-0.4, -0.2) is 45.4 Å². The Kier molecular flexibility index (Phi) is 9.35. The van der Waals surface area contributed by atoms with Crippen molar-refractivity contribution in [1.82, 2.24) is 14.5 Å². The van der Waals surface area contributed by atoms with E-state index < -0.39 is 0 Å². The molecule has 176 valence electrons. The second-order valence-electron chi connectivity index (χ2n) is 7.95. The minimum absolute atomic E-state index is 0.000148. The van der Waals surface area contributed by atoms with Crippen LogP contribution in [0.15, 0.2) is 58.5 Å². The lowest BCUT2D eigenvalue weighted by molar-refractivity contribution is -0.130.